The molecule has 0 saturated carbocycles. The number of nitrogens with one attached hydrogen (secondary N) is 2. The molecule has 0 spiro atoms. The summed E-state index contributed by atoms with van der Waals surface area (Å²) in [5.74, 6) is 0.273. The molecule has 0 bridgehead atoms. The molecule has 0 saturated heterocycles. The molecule has 20 heavy (non-hydrogen) atoms. The largest absolute Gasteiger partial charge is 0.467 e. The maximum Gasteiger partial charge on any atom is 0.252 e. The Bertz CT molecular complexity index is 634. The van der Waals surface area contributed by atoms with Crippen LogP contribution in [-0.2, 0) is 17.8 Å². The summed E-state index contributed by atoms with van der Waals surface area (Å²) in [7, 11) is 0. The van der Waals surface area contributed by atoms with Crippen LogP contribution >= 0.6 is 0 Å². The topological polar surface area (TPSA) is 71.3 Å². The van der Waals surface area contributed by atoms with Gasteiger partial charge in [-0.1, -0.05) is 18.2 Å². The van der Waals surface area contributed by atoms with Gasteiger partial charge in [0.2, 0.25) is 5.91 Å². The number of furan rings is 1. The molecule has 2 amide bonds. The van der Waals surface area contributed by atoms with Gasteiger partial charge in [0.25, 0.3) is 5.91 Å². The van der Waals surface area contributed by atoms with Gasteiger partial charge in [-0.25, -0.2) is 0 Å². The standard InChI is InChI=1S/C15H14N2O3/c18-14-12-6-2-1-4-10(12)8-13(17-14)15(19)16-9-11-5-3-7-20-11/h1-7,13H,8-9H2,(H,16,19)(H,17,18). The monoisotopic (exact) mass is 270 g/mol. The number of fused-ring (bicyclic) bond motifs is 1. The van der Waals surface area contributed by atoms with Crippen LogP contribution in [0.1, 0.15) is 21.7 Å². The van der Waals surface area contributed by atoms with Gasteiger partial charge in [-0.05, 0) is 23.8 Å². The van der Waals surface area contributed by atoms with E-state index in [9.17, 15) is 9.59 Å². The second kappa shape index (κ2) is 5.21. The minimum atomic E-state index is -0.535. The van der Waals surface area contributed by atoms with Crippen molar-refractivity contribution in [3.63, 3.8) is 0 Å². The highest BCUT2D eigenvalue weighted by Crippen LogP contribution is 2.16. The van der Waals surface area contributed by atoms with Crippen molar-refractivity contribution in [2.24, 2.45) is 0 Å². The summed E-state index contributed by atoms with van der Waals surface area (Å²) in [5.41, 5.74) is 1.54. The van der Waals surface area contributed by atoms with Crippen molar-refractivity contribution < 1.29 is 14.0 Å². The van der Waals surface area contributed by atoms with E-state index in [2.05, 4.69) is 10.6 Å². The number of hydrogen-bond acceptors (Lipinski definition) is 3. The molecule has 5 nitrogen and oxygen atoms in total. The van der Waals surface area contributed by atoms with E-state index in [-0.39, 0.29) is 11.8 Å². The summed E-state index contributed by atoms with van der Waals surface area (Å²) in [5, 5.41) is 5.48. The van der Waals surface area contributed by atoms with Crippen molar-refractivity contribution in [3.8, 4) is 0 Å². The van der Waals surface area contributed by atoms with Crippen LogP contribution < -0.4 is 10.6 Å². The van der Waals surface area contributed by atoms with Crippen molar-refractivity contribution in [3.05, 3.63) is 59.5 Å². The maximum atomic E-state index is 12.1. The van der Waals surface area contributed by atoms with Crippen molar-refractivity contribution in [1.82, 2.24) is 10.6 Å². The average molecular weight is 270 g/mol. The fourth-order valence-electron chi connectivity index (χ4n) is 2.30. The zero-order chi connectivity index (χ0) is 13.9. The van der Waals surface area contributed by atoms with Gasteiger partial charge in [-0.3, -0.25) is 9.59 Å². The van der Waals surface area contributed by atoms with Gasteiger partial charge in [0.15, 0.2) is 0 Å². The minimum absolute atomic E-state index is 0.204. The molecule has 0 aliphatic carbocycles. The Labute approximate surface area is 116 Å². The molecular weight excluding hydrogens is 256 g/mol. The van der Waals surface area contributed by atoms with Crippen LogP contribution in [-0.4, -0.2) is 17.9 Å². The van der Waals surface area contributed by atoms with Crippen LogP contribution in [0.2, 0.25) is 0 Å². The molecule has 5 heteroatoms. The first-order chi connectivity index (χ1) is 9.74. The number of benzene rings is 1. The molecule has 1 aromatic carbocycles. The van der Waals surface area contributed by atoms with Gasteiger partial charge in [0.1, 0.15) is 11.8 Å². The fourth-order valence-corrected chi connectivity index (χ4v) is 2.30. The molecule has 1 aliphatic heterocycles. The lowest BCUT2D eigenvalue weighted by atomic mass is 9.95. The quantitative estimate of drug-likeness (QED) is 0.881. The molecule has 1 aliphatic rings. The Morgan fingerprint density at radius 1 is 1.30 bits per heavy atom. The van der Waals surface area contributed by atoms with Crippen LogP contribution in [0.25, 0.3) is 0 Å². The summed E-state index contributed by atoms with van der Waals surface area (Å²) < 4.78 is 5.15. The molecule has 3 rings (SSSR count). The predicted molar refractivity (Wildman–Crippen MR) is 72.0 cm³/mol. The predicted octanol–water partition coefficient (Wildman–Crippen LogP) is 1.25. The number of amides is 2. The van der Waals surface area contributed by atoms with Gasteiger partial charge in [0, 0.05) is 12.0 Å². The number of rotatable bonds is 3. The van der Waals surface area contributed by atoms with Crippen LogP contribution in [0.4, 0.5) is 0 Å². The molecular formula is C15H14N2O3. The molecule has 1 aromatic heterocycles. The molecule has 2 aromatic rings. The second-order valence-corrected chi connectivity index (χ2v) is 4.68. The van der Waals surface area contributed by atoms with E-state index in [1.54, 1.807) is 24.5 Å². The summed E-state index contributed by atoms with van der Waals surface area (Å²) in [6.45, 7) is 0.319. The van der Waals surface area contributed by atoms with Gasteiger partial charge < -0.3 is 15.1 Å². The second-order valence-electron chi connectivity index (χ2n) is 4.68. The zero-order valence-corrected chi connectivity index (χ0v) is 10.8. The Morgan fingerprint density at radius 2 is 2.15 bits per heavy atom. The van der Waals surface area contributed by atoms with Gasteiger partial charge >= 0.3 is 0 Å². The van der Waals surface area contributed by atoms with Crippen molar-refractivity contribution in [2.45, 2.75) is 19.0 Å². The smallest absolute Gasteiger partial charge is 0.252 e. The molecule has 0 radical (unpaired) electrons. The van der Waals surface area contributed by atoms with E-state index < -0.39 is 6.04 Å². The van der Waals surface area contributed by atoms with Gasteiger partial charge in [0.05, 0.1) is 12.8 Å². The van der Waals surface area contributed by atoms with Crippen LogP contribution in [0, 0.1) is 0 Å². The zero-order valence-electron chi connectivity index (χ0n) is 10.8. The highest BCUT2D eigenvalue weighted by Gasteiger charge is 2.28. The number of hydrogen-bond donors (Lipinski definition) is 2. The first kappa shape index (κ1) is 12.5. The Morgan fingerprint density at radius 3 is 2.95 bits per heavy atom. The first-order valence-corrected chi connectivity index (χ1v) is 6.43. The third-order valence-electron chi connectivity index (χ3n) is 3.32. The summed E-state index contributed by atoms with van der Waals surface area (Å²) >= 11 is 0. The lowest BCUT2D eigenvalue weighted by molar-refractivity contribution is -0.123. The molecule has 0 fully saturated rings. The van der Waals surface area contributed by atoms with Crippen molar-refractivity contribution >= 4 is 11.8 Å². The maximum absolute atomic E-state index is 12.1. The number of carbonyl (C=O) groups excluding carboxylic acids is 2. The number of carbonyl (C=O) groups is 2. The van der Waals surface area contributed by atoms with E-state index in [1.807, 2.05) is 18.2 Å². The SMILES string of the molecule is O=C1NC(C(=O)NCc2ccco2)Cc2ccccc21. The molecule has 102 valence electrons. The summed E-state index contributed by atoms with van der Waals surface area (Å²) in [6.07, 6.45) is 2.06. The first-order valence-electron chi connectivity index (χ1n) is 6.43. The summed E-state index contributed by atoms with van der Waals surface area (Å²) in [6, 6.07) is 10.3. The van der Waals surface area contributed by atoms with E-state index in [0.29, 0.717) is 24.3 Å². The minimum Gasteiger partial charge on any atom is -0.467 e. The van der Waals surface area contributed by atoms with E-state index in [1.165, 1.54) is 0 Å². The van der Waals surface area contributed by atoms with Crippen molar-refractivity contribution in [2.75, 3.05) is 0 Å². The van der Waals surface area contributed by atoms with Gasteiger partial charge in [-0.2, -0.15) is 0 Å². The highest BCUT2D eigenvalue weighted by atomic mass is 16.3. The lowest BCUT2D eigenvalue weighted by Crippen LogP contribution is -2.50. The van der Waals surface area contributed by atoms with Gasteiger partial charge in [-0.15, -0.1) is 0 Å². The highest BCUT2D eigenvalue weighted by molar-refractivity contribution is 6.00. The average Bonchev–Trinajstić information content (AvgIpc) is 2.98. The Balaban J connectivity index is 1.67. The molecule has 2 N–H and O–H groups in total. The van der Waals surface area contributed by atoms with Crippen LogP contribution in [0.5, 0.6) is 0 Å². The van der Waals surface area contributed by atoms with E-state index in [0.717, 1.165) is 5.56 Å². The Kier molecular flexibility index (Phi) is 3.25. The third-order valence-corrected chi connectivity index (χ3v) is 3.32. The summed E-state index contributed by atoms with van der Waals surface area (Å²) in [4.78, 5) is 24.0. The van der Waals surface area contributed by atoms with E-state index in [4.69, 9.17) is 4.42 Å². The lowest BCUT2D eigenvalue weighted by Gasteiger charge is -2.24. The Hall–Kier alpha value is -2.56. The van der Waals surface area contributed by atoms with E-state index >= 15 is 0 Å². The molecule has 1 unspecified atom stereocenters. The third kappa shape index (κ3) is 2.42. The van der Waals surface area contributed by atoms with Crippen LogP contribution in [0.15, 0.2) is 47.1 Å². The van der Waals surface area contributed by atoms with Crippen LogP contribution in [0.3, 0.4) is 0 Å². The normalized spacial score (nSPS) is 17.2. The fraction of sp³-hybridized carbons (Fsp3) is 0.200. The van der Waals surface area contributed by atoms with Crippen molar-refractivity contribution in [1.29, 1.82) is 0 Å². The molecule has 1 atom stereocenters. The molecule has 2 heterocycles.